The number of carbonyl (C=O) groups excluding carboxylic acids is 1. The quantitative estimate of drug-likeness (QED) is 0.854. The van der Waals surface area contributed by atoms with Gasteiger partial charge in [-0.15, -0.1) is 0 Å². The number of amides is 1. The number of likely N-dealkylation sites (tertiary alicyclic amines) is 1. The zero-order valence-corrected chi connectivity index (χ0v) is 13.2. The normalized spacial score (nSPS) is 17.2. The van der Waals surface area contributed by atoms with Crippen LogP contribution in [0.15, 0.2) is 33.5 Å². The van der Waals surface area contributed by atoms with Crippen molar-refractivity contribution in [1.82, 2.24) is 4.90 Å². The van der Waals surface area contributed by atoms with E-state index in [9.17, 15) is 14.4 Å². The molecule has 0 aliphatic carbocycles. The van der Waals surface area contributed by atoms with Crippen LogP contribution in [0.25, 0.3) is 11.0 Å². The lowest BCUT2D eigenvalue weighted by Gasteiger charge is -2.21. The number of carbonyl (C=O) groups is 2. The highest BCUT2D eigenvalue weighted by Gasteiger charge is 2.33. The summed E-state index contributed by atoms with van der Waals surface area (Å²) in [7, 11) is 0. The largest absolute Gasteiger partial charge is 0.484 e. The van der Waals surface area contributed by atoms with Crippen molar-refractivity contribution >= 4 is 22.8 Å². The van der Waals surface area contributed by atoms with Crippen LogP contribution in [0, 0.1) is 6.92 Å². The summed E-state index contributed by atoms with van der Waals surface area (Å²) in [4.78, 5) is 36.1. The van der Waals surface area contributed by atoms with Crippen LogP contribution < -0.4 is 10.4 Å². The first kappa shape index (κ1) is 16.0. The molecule has 1 aliphatic heterocycles. The van der Waals surface area contributed by atoms with Crippen LogP contribution in [0.5, 0.6) is 5.75 Å². The molecule has 1 saturated heterocycles. The molecule has 3 rings (SSSR count). The molecule has 1 amide bonds. The van der Waals surface area contributed by atoms with E-state index in [1.165, 1.54) is 11.0 Å². The molecular formula is C17H17NO6. The van der Waals surface area contributed by atoms with E-state index in [2.05, 4.69) is 0 Å². The number of aryl methyl sites for hydroxylation is 1. The minimum absolute atomic E-state index is 0.259. The van der Waals surface area contributed by atoms with Crippen LogP contribution in [0.1, 0.15) is 18.4 Å². The van der Waals surface area contributed by atoms with Gasteiger partial charge in [0.15, 0.2) is 6.61 Å². The second-order valence-electron chi connectivity index (χ2n) is 5.78. The smallest absolute Gasteiger partial charge is 0.336 e. The van der Waals surface area contributed by atoms with Gasteiger partial charge in [0, 0.05) is 24.1 Å². The fraction of sp³-hybridized carbons (Fsp3) is 0.353. The van der Waals surface area contributed by atoms with Gasteiger partial charge in [-0.3, -0.25) is 4.79 Å². The molecule has 126 valence electrons. The van der Waals surface area contributed by atoms with E-state index < -0.39 is 17.6 Å². The van der Waals surface area contributed by atoms with Crippen LogP contribution in [0.2, 0.25) is 0 Å². The van der Waals surface area contributed by atoms with Crippen LogP contribution >= 0.6 is 0 Å². The number of benzene rings is 1. The second kappa shape index (κ2) is 6.35. The summed E-state index contributed by atoms with van der Waals surface area (Å²) in [6.07, 6.45) is 1.13. The number of ether oxygens (including phenoxy) is 1. The first-order chi connectivity index (χ1) is 11.5. The number of rotatable bonds is 4. The third-order valence-corrected chi connectivity index (χ3v) is 4.14. The number of nitrogens with zero attached hydrogens (tertiary/aromatic N) is 1. The van der Waals surface area contributed by atoms with E-state index in [0.29, 0.717) is 30.7 Å². The molecule has 0 spiro atoms. The van der Waals surface area contributed by atoms with Gasteiger partial charge in [-0.25, -0.2) is 9.59 Å². The Bertz CT molecular complexity index is 856. The molecule has 1 N–H and O–H groups in total. The van der Waals surface area contributed by atoms with E-state index >= 15 is 0 Å². The highest BCUT2D eigenvalue weighted by molar-refractivity contribution is 5.85. The fourth-order valence-electron chi connectivity index (χ4n) is 2.94. The van der Waals surface area contributed by atoms with E-state index in [4.69, 9.17) is 14.3 Å². The molecule has 1 aromatic carbocycles. The summed E-state index contributed by atoms with van der Waals surface area (Å²) < 4.78 is 10.6. The van der Waals surface area contributed by atoms with Crippen molar-refractivity contribution < 1.29 is 23.8 Å². The van der Waals surface area contributed by atoms with Crippen molar-refractivity contribution in [2.45, 2.75) is 25.8 Å². The Morgan fingerprint density at radius 2 is 2.17 bits per heavy atom. The number of carboxylic acid groups (broad SMARTS) is 1. The van der Waals surface area contributed by atoms with Gasteiger partial charge < -0.3 is 19.2 Å². The summed E-state index contributed by atoms with van der Waals surface area (Å²) in [6, 6.07) is 5.62. The van der Waals surface area contributed by atoms with Crippen LogP contribution in [0.4, 0.5) is 0 Å². The molecule has 1 atom stereocenters. The predicted octanol–water partition coefficient (Wildman–Crippen LogP) is 1.56. The van der Waals surface area contributed by atoms with Gasteiger partial charge in [-0.05, 0) is 37.5 Å². The van der Waals surface area contributed by atoms with E-state index in [1.54, 1.807) is 18.2 Å². The summed E-state index contributed by atoms with van der Waals surface area (Å²) >= 11 is 0. The lowest BCUT2D eigenvalue weighted by atomic mass is 10.1. The molecule has 1 unspecified atom stereocenters. The predicted molar refractivity (Wildman–Crippen MR) is 85.1 cm³/mol. The van der Waals surface area contributed by atoms with Crippen molar-refractivity contribution in [1.29, 1.82) is 0 Å². The SMILES string of the molecule is Cc1cc(=O)oc2cc(OCC(=O)N3CCCC3C(=O)O)ccc12. The summed E-state index contributed by atoms with van der Waals surface area (Å²) in [6.45, 7) is 1.97. The van der Waals surface area contributed by atoms with Crippen LogP contribution in [0.3, 0.4) is 0 Å². The van der Waals surface area contributed by atoms with Crippen molar-refractivity contribution in [3.05, 3.63) is 40.2 Å². The third-order valence-electron chi connectivity index (χ3n) is 4.14. The molecule has 0 bridgehead atoms. The van der Waals surface area contributed by atoms with Crippen molar-refractivity contribution in [3.8, 4) is 5.75 Å². The van der Waals surface area contributed by atoms with Crippen molar-refractivity contribution in [2.24, 2.45) is 0 Å². The van der Waals surface area contributed by atoms with Gasteiger partial charge in [-0.1, -0.05) is 0 Å². The Morgan fingerprint density at radius 3 is 2.92 bits per heavy atom. The Hall–Kier alpha value is -2.83. The van der Waals surface area contributed by atoms with Crippen molar-refractivity contribution in [2.75, 3.05) is 13.2 Å². The fourth-order valence-corrected chi connectivity index (χ4v) is 2.94. The maximum atomic E-state index is 12.2. The molecule has 7 nitrogen and oxygen atoms in total. The van der Waals surface area contributed by atoms with Gasteiger partial charge in [0.25, 0.3) is 5.91 Å². The lowest BCUT2D eigenvalue weighted by molar-refractivity contribution is -0.148. The van der Waals surface area contributed by atoms with Crippen LogP contribution in [-0.2, 0) is 9.59 Å². The summed E-state index contributed by atoms with van der Waals surface area (Å²) in [5.41, 5.74) is 0.731. The number of hydrogen-bond donors (Lipinski definition) is 1. The number of hydrogen-bond acceptors (Lipinski definition) is 5. The Balaban J connectivity index is 1.72. The first-order valence-corrected chi connectivity index (χ1v) is 7.65. The van der Waals surface area contributed by atoms with Gasteiger partial charge in [-0.2, -0.15) is 0 Å². The first-order valence-electron chi connectivity index (χ1n) is 7.65. The molecule has 24 heavy (non-hydrogen) atoms. The molecular weight excluding hydrogens is 314 g/mol. The highest BCUT2D eigenvalue weighted by atomic mass is 16.5. The molecule has 1 fully saturated rings. The Labute approximate surface area is 137 Å². The number of carboxylic acids is 1. The molecule has 7 heteroatoms. The molecule has 2 heterocycles. The lowest BCUT2D eigenvalue weighted by Crippen LogP contribution is -2.42. The number of aliphatic carboxylic acids is 1. The van der Waals surface area contributed by atoms with Crippen molar-refractivity contribution in [3.63, 3.8) is 0 Å². The molecule has 0 radical (unpaired) electrons. The van der Waals surface area contributed by atoms with Crippen LogP contribution in [-0.4, -0.2) is 41.1 Å². The van der Waals surface area contributed by atoms with E-state index in [1.807, 2.05) is 6.92 Å². The molecule has 1 aliphatic rings. The molecule has 2 aromatic rings. The zero-order valence-electron chi connectivity index (χ0n) is 13.2. The molecule has 1 aromatic heterocycles. The minimum atomic E-state index is -0.996. The average molecular weight is 331 g/mol. The van der Waals surface area contributed by atoms with E-state index in [0.717, 1.165) is 10.9 Å². The van der Waals surface area contributed by atoms with Gasteiger partial charge in [0.1, 0.15) is 17.4 Å². The maximum absolute atomic E-state index is 12.2. The standard InChI is InChI=1S/C17H17NO6/c1-10-7-16(20)24-14-8-11(4-5-12(10)14)23-9-15(19)18-6-2-3-13(18)17(21)22/h4-5,7-8,13H,2-3,6,9H2,1H3,(H,21,22). The monoisotopic (exact) mass is 331 g/mol. The summed E-state index contributed by atoms with van der Waals surface area (Å²) in [5.74, 6) is -0.981. The average Bonchev–Trinajstić information content (AvgIpc) is 3.02. The molecule has 0 saturated carbocycles. The maximum Gasteiger partial charge on any atom is 0.336 e. The van der Waals surface area contributed by atoms with Gasteiger partial charge in [0.05, 0.1) is 0 Å². The topological polar surface area (TPSA) is 97.0 Å². The van der Waals surface area contributed by atoms with E-state index in [-0.39, 0.29) is 12.5 Å². The van der Waals surface area contributed by atoms with Gasteiger partial charge in [0.2, 0.25) is 0 Å². The highest BCUT2D eigenvalue weighted by Crippen LogP contribution is 2.23. The number of fused-ring (bicyclic) bond motifs is 1. The second-order valence-corrected chi connectivity index (χ2v) is 5.78. The third kappa shape index (κ3) is 3.10. The Morgan fingerprint density at radius 1 is 1.38 bits per heavy atom. The minimum Gasteiger partial charge on any atom is -0.484 e. The Kier molecular flexibility index (Phi) is 4.24. The summed E-state index contributed by atoms with van der Waals surface area (Å²) in [5, 5.41) is 9.90. The van der Waals surface area contributed by atoms with Gasteiger partial charge >= 0.3 is 11.6 Å². The zero-order chi connectivity index (χ0) is 17.3.